The number of amides is 3. The lowest BCUT2D eigenvalue weighted by Gasteiger charge is -2.34. The van der Waals surface area contributed by atoms with Crippen LogP contribution in [0.2, 0.25) is 5.02 Å². The van der Waals surface area contributed by atoms with Gasteiger partial charge in [0.25, 0.3) is 5.91 Å². The van der Waals surface area contributed by atoms with Crippen molar-refractivity contribution in [2.45, 2.75) is 69.9 Å². The van der Waals surface area contributed by atoms with Gasteiger partial charge in [0.15, 0.2) is 0 Å². The number of carbonyl (C=O) groups excluding carboxylic acids is 2. The van der Waals surface area contributed by atoms with Crippen LogP contribution in [0.4, 0.5) is 10.5 Å². The van der Waals surface area contributed by atoms with Gasteiger partial charge in [0.1, 0.15) is 0 Å². The van der Waals surface area contributed by atoms with Gasteiger partial charge in [-0.3, -0.25) is 4.79 Å². The summed E-state index contributed by atoms with van der Waals surface area (Å²) in [6.45, 7) is 0.815. The molecule has 2 N–H and O–H groups in total. The van der Waals surface area contributed by atoms with E-state index >= 15 is 0 Å². The van der Waals surface area contributed by atoms with Gasteiger partial charge in [-0.1, -0.05) is 30.9 Å². The molecule has 6 heteroatoms. The van der Waals surface area contributed by atoms with Crippen LogP contribution in [-0.4, -0.2) is 35.5 Å². The fraction of sp³-hybridized carbons (Fsp3) is 0.619. The van der Waals surface area contributed by atoms with Gasteiger partial charge in [0.2, 0.25) is 0 Å². The van der Waals surface area contributed by atoms with Crippen LogP contribution >= 0.6 is 11.6 Å². The van der Waals surface area contributed by atoms with Crippen LogP contribution in [-0.2, 0) is 0 Å². The fourth-order valence-electron chi connectivity index (χ4n) is 4.52. The molecule has 2 aliphatic carbocycles. The summed E-state index contributed by atoms with van der Waals surface area (Å²) in [5, 5.41) is 6.35. The predicted octanol–water partition coefficient (Wildman–Crippen LogP) is 4.81. The lowest BCUT2D eigenvalue weighted by molar-refractivity contribution is 0.0951. The third-order valence-corrected chi connectivity index (χ3v) is 6.46. The highest BCUT2D eigenvalue weighted by atomic mass is 35.5. The normalized spacial score (nSPS) is 23.3. The molecule has 27 heavy (non-hydrogen) atoms. The standard InChI is InChI=1S/C21H28ClN3O2/c22-18-11-10-16(13-17(18)20(26)23-15-8-9-15)24-21(27)25-12-4-7-19(25)14-5-2-1-3-6-14/h10-11,13-15,19H,1-9,12H2,(H,23,26)(H,24,27). The Balaban J connectivity index is 1.43. The molecule has 0 aromatic heterocycles. The Kier molecular flexibility index (Phi) is 5.58. The summed E-state index contributed by atoms with van der Waals surface area (Å²) in [6, 6.07) is 5.70. The van der Waals surface area contributed by atoms with Crippen molar-refractivity contribution in [1.29, 1.82) is 0 Å². The Bertz CT molecular complexity index is 713. The van der Waals surface area contributed by atoms with Crippen molar-refractivity contribution in [3.05, 3.63) is 28.8 Å². The second kappa shape index (κ2) is 8.09. The first-order valence-corrected chi connectivity index (χ1v) is 10.7. The zero-order chi connectivity index (χ0) is 18.8. The minimum atomic E-state index is -0.167. The predicted molar refractivity (Wildman–Crippen MR) is 107 cm³/mol. The van der Waals surface area contributed by atoms with E-state index in [2.05, 4.69) is 10.6 Å². The third-order valence-electron chi connectivity index (χ3n) is 6.13. The maximum atomic E-state index is 12.9. The maximum Gasteiger partial charge on any atom is 0.322 e. The summed E-state index contributed by atoms with van der Waals surface area (Å²) in [5.41, 5.74) is 1.05. The number of rotatable bonds is 4. The van der Waals surface area contributed by atoms with Crippen LogP contribution < -0.4 is 10.6 Å². The van der Waals surface area contributed by atoms with E-state index in [1.165, 1.54) is 32.1 Å². The van der Waals surface area contributed by atoms with E-state index in [9.17, 15) is 9.59 Å². The third kappa shape index (κ3) is 4.40. The molecule has 1 aromatic carbocycles. The number of anilines is 1. The monoisotopic (exact) mass is 389 g/mol. The van der Waals surface area contributed by atoms with Crippen LogP contribution in [0.3, 0.4) is 0 Å². The molecule has 3 fully saturated rings. The van der Waals surface area contributed by atoms with E-state index < -0.39 is 0 Å². The van der Waals surface area contributed by atoms with Gasteiger partial charge in [-0.05, 0) is 62.6 Å². The van der Waals surface area contributed by atoms with E-state index in [1.807, 2.05) is 4.90 Å². The summed E-state index contributed by atoms with van der Waals surface area (Å²) in [7, 11) is 0. The van der Waals surface area contributed by atoms with Crippen LogP contribution in [0.1, 0.15) is 68.1 Å². The molecule has 4 rings (SSSR count). The van der Waals surface area contributed by atoms with Crippen LogP contribution in [0.15, 0.2) is 18.2 Å². The summed E-state index contributed by atoms with van der Waals surface area (Å²) >= 11 is 6.20. The van der Waals surface area contributed by atoms with Crippen molar-refractivity contribution in [3.8, 4) is 0 Å². The van der Waals surface area contributed by atoms with E-state index in [-0.39, 0.29) is 18.0 Å². The molecule has 0 spiro atoms. The Morgan fingerprint density at radius 2 is 1.78 bits per heavy atom. The fourth-order valence-corrected chi connectivity index (χ4v) is 4.72. The number of likely N-dealkylation sites (tertiary alicyclic amines) is 1. The summed E-state index contributed by atoms with van der Waals surface area (Å²) in [5.74, 6) is 0.469. The van der Waals surface area contributed by atoms with Crippen molar-refractivity contribution in [2.24, 2.45) is 5.92 Å². The van der Waals surface area contributed by atoms with Gasteiger partial charge < -0.3 is 15.5 Å². The van der Waals surface area contributed by atoms with Crippen molar-refractivity contribution < 1.29 is 9.59 Å². The van der Waals surface area contributed by atoms with E-state index in [0.29, 0.717) is 28.2 Å². The number of nitrogens with one attached hydrogen (secondary N) is 2. The van der Waals surface area contributed by atoms with Crippen molar-refractivity contribution in [1.82, 2.24) is 10.2 Å². The zero-order valence-corrected chi connectivity index (χ0v) is 16.4. The maximum absolute atomic E-state index is 12.9. The van der Waals surface area contributed by atoms with Gasteiger partial charge in [-0.2, -0.15) is 0 Å². The minimum absolute atomic E-state index is 0.0565. The molecule has 146 valence electrons. The number of benzene rings is 1. The van der Waals surface area contributed by atoms with Crippen molar-refractivity contribution in [2.75, 3.05) is 11.9 Å². The number of hydrogen-bond donors (Lipinski definition) is 2. The first kappa shape index (κ1) is 18.6. The molecule has 0 radical (unpaired) electrons. The van der Waals surface area contributed by atoms with E-state index in [1.54, 1.807) is 18.2 Å². The molecular weight excluding hydrogens is 362 g/mol. The quantitative estimate of drug-likeness (QED) is 0.776. The molecule has 1 unspecified atom stereocenters. The number of nitrogens with zero attached hydrogens (tertiary/aromatic N) is 1. The molecule has 1 aliphatic heterocycles. The van der Waals surface area contributed by atoms with E-state index in [0.717, 1.165) is 32.2 Å². The van der Waals surface area contributed by atoms with Crippen LogP contribution in [0.25, 0.3) is 0 Å². The summed E-state index contributed by atoms with van der Waals surface area (Å²) < 4.78 is 0. The Labute approximate surface area is 165 Å². The van der Waals surface area contributed by atoms with Crippen molar-refractivity contribution in [3.63, 3.8) is 0 Å². The zero-order valence-electron chi connectivity index (χ0n) is 15.7. The molecule has 1 atom stereocenters. The highest BCUT2D eigenvalue weighted by Crippen LogP contribution is 2.34. The number of urea groups is 1. The minimum Gasteiger partial charge on any atom is -0.349 e. The summed E-state index contributed by atoms with van der Waals surface area (Å²) in [6.07, 6.45) is 10.6. The lowest BCUT2D eigenvalue weighted by Crippen LogP contribution is -2.43. The SMILES string of the molecule is O=C(NC1CC1)c1cc(NC(=O)N2CCCC2C2CCCCC2)ccc1Cl. The average molecular weight is 390 g/mol. The van der Waals surface area contributed by atoms with Gasteiger partial charge in [0.05, 0.1) is 10.6 Å². The average Bonchev–Trinajstić information content (AvgIpc) is 3.35. The second-order valence-corrected chi connectivity index (χ2v) is 8.58. The molecule has 3 amide bonds. The first-order valence-electron chi connectivity index (χ1n) is 10.3. The van der Waals surface area contributed by atoms with Gasteiger partial charge in [0, 0.05) is 24.3 Å². The van der Waals surface area contributed by atoms with Gasteiger partial charge in [-0.25, -0.2) is 4.79 Å². The first-order chi connectivity index (χ1) is 13.1. The highest BCUT2D eigenvalue weighted by Gasteiger charge is 2.35. The molecule has 1 saturated heterocycles. The molecule has 2 saturated carbocycles. The van der Waals surface area contributed by atoms with Crippen LogP contribution in [0, 0.1) is 5.92 Å². The molecule has 1 aromatic rings. The molecule has 3 aliphatic rings. The largest absolute Gasteiger partial charge is 0.349 e. The summed E-state index contributed by atoms with van der Waals surface area (Å²) in [4.78, 5) is 27.3. The molecular formula is C21H28ClN3O2. The topological polar surface area (TPSA) is 61.4 Å². The lowest BCUT2D eigenvalue weighted by atomic mass is 9.83. The van der Waals surface area contributed by atoms with Gasteiger partial charge >= 0.3 is 6.03 Å². The number of hydrogen-bond acceptors (Lipinski definition) is 2. The molecule has 5 nitrogen and oxygen atoms in total. The molecule has 0 bridgehead atoms. The number of carbonyl (C=O) groups is 2. The van der Waals surface area contributed by atoms with Gasteiger partial charge in [-0.15, -0.1) is 0 Å². The highest BCUT2D eigenvalue weighted by molar-refractivity contribution is 6.34. The Morgan fingerprint density at radius 1 is 1.00 bits per heavy atom. The molecule has 1 heterocycles. The Morgan fingerprint density at radius 3 is 2.52 bits per heavy atom. The van der Waals surface area contributed by atoms with Crippen molar-refractivity contribution >= 4 is 29.2 Å². The van der Waals surface area contributed by atoms with Crippen LogP contribution in [0.5, 0.6) is 0 Å². The number of halogens is 1. The smallest absolute Gasteiger partial charge is 0.322 e. The second-order valence-electron chi connectivity index (χ2n) is 8.17. The van der Waals surface area contributed by atoms with E-state index in [4.69, 9.17) is 11.6 Å². The Hall–Kier alpha value is -1.75.